The number of hydrogen-bond acceptors (Lipinski definition) is 4. The second-order valence-corrected chi connectivity index (χ2v) is 6.29. The van der Waals surface area contributed by atoms with Crippen LogP contribution in [0.25, 0.3) is 0 Å². The number of likely N-dealkylation sites (tertiary alicyclic amines) is 1. The van der Waals surface area contributed by atoms with E-state index in [2.05, 4.69) is 0 Å². The lowest BCUT2D eigenvalue weighted by Gasteiger charge is -2.24. The zero-order valence-electron chi connectivity index (χ0n) is 14.4. The Morgan fingerprint density at radius 3 is 2.58 bits per heavy atom. The van der Waals surface area contributed by atoms with Crippen molar-refractivity contribution in [1.29, 1.82) is 0 Å². The lowest BCUT2D eigenvalue weighted by molar-refractivity contribution is -0.149. The molecule has 0 radical (unpaired) electrons. The van der Waals surface area contributed by atoms with Crippen LogP contribution in [0.4, 0.5) is 0 Å². The highest BCUT2D eigenvalue weighted by molar-refractivity contribution is 5.86. The monoisotopic (exact) mass is 331 g/mol. The fourth-order valence-electron chi connectivity index (χ4n) is 3.22. The number of ketones is 1. The standard InChI is InChI=1S/C19H25NO4/c1-3-24-18(22)13-20-17(11-15-7-5-4-6-8-15)12-16(19(20)23)10-9-14(2)21/h4-8,16-17H,3,9-13H2,1-2H3/t16-,17+/m0/s1. The highest BCUT2D eigenvalue weighted by Gasteiger charge is 2.40. The van der Waals surface area contributed by atoms with Crippen LogP contribution >= 0.6 is 0 Å². The van der Waals surface area contributed by atoms with Crippen LogP contribution in [0.5, 0.6) is 0 Å². The number of carbonyl (C=O) groups excluding carboxylic acids is 3. The van der Waals surface area contributed by atoms with E-state index in [9.17, 15) is 14.4 Å². The number of ether oxygens (including phenoxy) is 1. The molecule has 0 aliphatic carbocycles. The van der Waals surface area contributed by atoms with E-state index in [0.717, 1.165) is 5.56 Å². The Balaban J connectivity index is 2.09. The summed E-state index contributed by atoms with van der Waals surface area (Å²) in [5.41, 5.74) is 1.14. The van der Waals surface area contributed by atoms with Crippen LogP contribution in [-0.4, -0.2) is 41.8 Å². The summed E-state index contributed by atoms with van der Waals surface area (Å²) < 4.78 is 5.00. The van der Waals surface area contributed by atoms with Crippen molar-refractivity contribution in [2.24, 2.45) is 5.92 Å². The third-order valence-corrected chi connectivity index (χ3v) is 4.39. The van der Waals surface area contributed by atoms with Gasteiger partial charge < -0.3 is 14.4 Å². The molecule has 0 spiro atoms. The van der Waals surface area contributed by atoms with Gasteiger partial charge in [-0.05, 0) is 38.7 Å². The third-order valence-electron chi connectivity index (χ3n) is 4.39. The topological polar surface area (TPSA) is 63.7 Å². The zero-order valence-corrected chi connectivity index (χ0v) is 14.4. The van der Waals surface area contributed by atoms with Crippen molar-refractivity contribution in [3.63, 3.8) is 0 Å². The molecule has 1 heterocycles. The highest BCUT2D eigenvalue weighted by Crippen LogP contribution is 2.30. The maximum Gasteiger partial charge on any atom is 0.325 e. The van der Waals surface area contributed by atoms with Gasteiger partial charge in [0.1, 0.15) is 12.3 Å². The Morgan fingerprint density at radius 1 is 1.25 bits per heavy atom. The molecule has 24 heavy (non-hydrogen) atoms. The summed E-state index contributed by atoms with van der Waals surface area (Å²) >= 11 is 0. The number of esters is 1. The largest absolute Gasteiger partial charge is 0.465 e. The van der Waals surface area contributed by atoms with Crippen molar-refractivity contribution in [1.82, 2.24) is 4.90 Å². The molecular formula is C19H25NO4. The van der Waals surface area contributed by atoms with E-state index in [0.29, 0.717) is 32.3 Å². The van der Waals surface area contributed by atoms with Crippen LogP contribution in [0, 0.1) is 5.92 Å². The van der Waals surface area contributed by atoms with Crippen molar-refractivity contribution in [2.45, 2.75) is 45.6 Å². The minimum atomic E-state index is -0.379. The number of rotatable bonds is 8. The summed E-state index contributed by atoms with van der Waals surface area (Å²) in [6.07, 6.45) is 2.35. The van der Waals surface area contributed by atoms with Crippen LogP contribution in [0.15, 0.2) is 30.3 Å². The molecule has 0 saturated carbocycles. The van der Waals surface area contributed by atoms with E-state index in [4.69, 9.17) is 4.74 Å². The Morgan fingerprint density at radius 2 is 1.96 bits per heavy atom. The van der Waals surface area contributed by atoms with Gasteiger partial charge in [-0.3, -0.25) is 9.59 Å². The molecule has 1 aromatic rings. The van der Waals surface area contributed by atoms with Crippen molar-refractivity contribution in [3.8, 4) is 0 Å². The minimum Gasteiger partial charge on any atom is -0.465 e. The number of benzene rings is 1. The van der Waals surface area contributed by atoms with Gasteiger partial charge in [0.25, 0.3) is 0 Å². The molecule has 1 aromatic carbocycles. The van der Waals surface area contributed by atoms with E-state index in [1.165, 1.54) is 6.92 Å². The van der Waals surface area contributed by atoms with Gasteiger partial charge in [-0.15, -0.1) is 0 Å². The van der Waals surface area contributed by atoms with Crippen molar-refractivity contribution in [3.05, 3.63) is 35.9 Å². The molecule has 1 aliphatic heterocycles. The molecule has 5 heteroatoms. The highest BCUT2D eigenvalue weighted by atomic mass is 16.5. The van der Waals surface area contributed by atoms with Crippen molar-refractivity contribution in [2.75, 3.05) is 13.2 Å². The van der Waals surface area contributed by atoms with Crippen molar-refractivity contribution >= 4 is 17.7 Å². The summed E-state index contributed by atoms with van der Waals surface area (Å²) in [5, 5.41) is 0. The normalized spacial score (nSPS) is 20.2. The van der Waals surface area contributed by atoms with Gasteiger partial charge in [-0.25, -0.2) is 0 Å². The van der Waals surface area contributed by atoms with Crippen molar-refractivity contribution < 1.29 is 19.1 Å². The molecule has 1 aliphatic rings. The van der Waals surface area contributed by atoms with Gasteiger partial charge in [0.15, 0.2) is 0 Å². The maximum atomic E-state index is 12.7. The molecule has 0 bridgehead atoms. The maximum absolute atomic E-state index is 12.7. The Bertz CT molecular complexity index is 584. The smallest absolute Gasteiger partial charge is 0.325 e. The van der Waals surface area contributed by atoms with Crippen LogP contribution in [0.2, 0.25) is 0 Å². The average Bonchev–Trinajstić information content (AvgIpc) is 2.83. The first-order valence-corrected chi connectivity index (χ1v) is 8.50. The van der Waals surface area contributed by atoms with E-state index < -0.39 is 0 Å². The SMILES string of the molecule is CCOC(=O)CN1C(=O)[C@@H](CCC(C)=O)C[C@H]1Cc1ccccc1. The average molecular weight is 331 g/mol. The van der Waals surface area contributed by atoms with Crippen LogP contribution in [0.1, 0.15) is 38.7 Å². The fourth-order valence-corrected chi connectivity index (χ4v) is 3.22. The molecule has 0 aromatic heterocycles. The zero-order chi connectivity index (χ0) is 17.5. The molecule has 2 rings (SSSR count). The molecule has 1 amide bonds. The number of amides is 1. The molecule has 0 N–H and O–H groups in total. The van der Waals surface area contributed by atoms with Gasteiger partial charge in [0.05, 0.1) is 6.61 Å². The third kappa shape index (κ3) is 4.91. The molecule has 0 unspecified atom stereocenters. The second-order valence-electron chi connectivity index (χ2n) is 6.29. The van der Waals surface area contributed by atoms with Crippen LogP contribution in [-0.2, 0) is 25.5 Å². The summed E-state index contributed by atoms with van der Waals surface area (Å²) in [5.74, 6) is -0.510. The number of hydrogen-bond donors (Lipinski definition) is 0. The number of carbonyl (C=O) groups is 3. The predicted octanol–water partition coefficient (Wildman–Crippen LogP) is 2.38. The summed E-state index contributed by atoms with van der Waals surface area (Å²) in [6.45, 7) is 3.58. The molecule has 2 atom stereocenters. The van der Waals surface area contributed by atoms with E-state index in [-0.39, 0.29) is 36.2 Å². The lowest BCUT2D eigenvalue weighted by atomic mass is 9.95. The molecular weight excluding hydrogens is 306 g/mol. The quantitative estimate of drug-likeness (QED) is 0.686. The van der Waals surface area contributed by atoms with Gasteiger partial charge >= 0.3 is 5.97 Å². The first-order valence-electron chi connectivity index (χ1n) is 8.50. The molecule has 5 nitrogen and oxygen atoms in total. The van der Waals surface area contributed by atoms with Crippen LogP contribution < -0.4 is 0 Å². The summed E-state index contributed by atoms with van der Waals surface area (Å²) in [4.78, 5) is 37.4. The van der Waals surface area contributed by atoms with Gasteiger partial charge in [0, 0.05) is 18.4 Å². The minimum absolute atomic E-state index is 0.0131. The Labute approximate surface area is 143 Å². The van der Waals surface area contributed by atoms with Gasteiger partial charge in [0.2, 0.25) is 5.91 Å². The van der Waals surface area contributed by atoms with Gasteiger partial charge in [-0.2, -0.15) is 0 Å². The van der Waals surface area contributed by atoms with E-state index >= 15 is 0 Å². The van der Waals surface area contributed by atoms with Gasteiger partial charge in [-0.1, -0.05) is 30.3 Å². The molecule has 130 valence electrons. The van der Waals surface area contributed by atoms with Crippen LogP contribution in [0.3, 0.4) is 0 Å². The predicted molar refractivity (Wildman–Crippen MR) is 90.3 cm³/mol. The van der Waals surface area contributed by atoms with E-state index in [1.54, 1.807) is 11.8 Å². The first-order chi connectivity index (χ1) is 11.5. The molecule has 1 fully saturated rings. The fraction of sp³-hybridized carbons (Fsp3) is 0.526. The molecule has 1 saturated heterocycles. The Hall–Kier alpha value is -2.17. The Kier molecular flexibility index (Phi) is 6.53. The summed E-state index contributed by atoms with van der Waals surface area (Å²) in [7, 11) is 0. The first kappa shape index (κ1) is 18.2. The second kappa shape index (κ2) is 8.62. The summed E-state index contributed by atoms with van der Waals surface area (Å²) in [6, 6.07) is 9.91. The lowest BCUT2D eigenvalue weighted by Crippen LogP contribution is -2.39. The van der Waals surface area contributed by atoms with E-state index in [1.807, 2.05) is 30.3 Å². The number of Topliss-reactive ketones (excluding diaryl/α,β-unsaturated/α-hetero) is 1. The number of nitrogens with zero attached hydrogens (tertiary/aromatic N) is 1.